The third-order valence-corrected chi connectivity index (χ3v) is 6.62. The lowest BCUT2D eigenvalue weighted by atomic mass is 10.2. The summed E-state index contributed by atoms with van der Waals surface area (Å²) in [4.78, 5) is 16.4. The van der Waals surface area contributed by atoms with Crippen molar-refractivity contribution < 1.29 is 17.5 Å². The van der Waals surface area contributed by atoms with Gasteiger partial charge in [0.25, 0.3) is 5.56 Å². The first kappa shape index (κ1) is 20.6. The van der Waals surface area contributed by atoms with E-state index in [0.717, 1.165) is 12.8 Å². The van der Waals surface area contributed by atoms with Gasteiger partial charge >= 0.3 is 10.2 Å². The number of benzene rings is 2. The van der Waals surface area contributed by atoms with E-state index < -0.39 is 16.0 Å². The third-order valence-electron chi connectivity index (χ3n) is 4.80. The van der Waals surface area contributed by atoms with Crippen LogP contribution in [0.1, 0.15) is 12.8 Å². The number of rotatable bonds is 5. The van der Waals surface area contributed by atoms with Gasteiger partial charge in [-0.15, -0.1) is 0 Å². The van der Waals surface area contributed by atoms with Crippen LogP contribution >= 0.6 is 11.6 Å². The molecule has 1 aromatic heterocycles. The number of aryl methyl sites for hydroxylation is 1. The molecule has 1 fully saturated rings. The van der Waals surface area contributed by atoms with Crippen LogP contribution in [0, 0.1) is 5.82 Å². The highest BCUT2D eigenvalue weighted by molar-refractivity contribution is 7.90. The molecular weight excluding hydrogens is 435 g/mol. The Morgan fingerprint density at radius 2 is 1.93 bits per heavy atom. The number of nitrogens with one attached hydrogen (secondary N) is 1. The minimum atomic E-state index is -3.88. The average Bonchev–Trinajstić information content (AvgIpc) is 3.26. The van der Waals surface area contributed by atoms with Gasteiger partial charge in [-0.25, -0.2) is 9.37 Å². The Bertz CT molecular complexity index is 1290. The summed E-state index contributed by atoms with van der Waals surface area (Å²) >= 11 is 6.09. The van der Waals surface area contributed by atoms with E-state index in [1.807, 2.05) is 0 Å². The number of halogens is 2. The Balaban J connectivity index is 1.68. The van der Waals surface area contributed by atoms with Crippen LogP contribution in [0.4, 0.5) is 10.1 Å². The van der Waals surface area contributed by atoms with Crippen LogP contribution < -0.4 is 15.0 Å². The molecule has 1 aliphatic rings. The molecule has 158 valence electrons. The molecule has 0 unspecified atom stereocenters. The molecule has 1 saturated heterocycles. The summed E-state index contributed by atoms with van der Waals surface area (Å²) < 4.78 is 50.4. The van der Waals surface area contributed by atoms with Crippen molar-refractivity contribution in [3.63, 3.8) is 0 Å². The fourth-order valence-corrected chi connectivity index (χ4v) is 4.70. The van der Waals surface area contributed by atoms with Crippen molar-refractivity contribution in [3.05, 3.63) is 57.9 Å². The van der Waals surface area contributed by atoms with Crippen LogP contribution in [0.5, 0.6) is 11.5 Å². The van der Waals surface area contributed by atoms with Gasteiger partial charge in [0.1, 0.15) is 5.75 Å². The van der Waals surface area contributed by atoms with Crippen LogP contribution in [0.2, 0.25) is 5.02 Å². The van der Waals surface area contributed by atoms with Gasteiger partial charge in [-0.3, -0.25) is 9.52 Å². The maximum atomic E-state index is 15.1. The summed E-state index contributed by atoms with van der Waals surface area (Å²) in [6.45, 7) is 0.766. The van der Waals surface area contributed by atoms with Gasteiger partial charge < -0.3 is 9.30 Å². The van der Waals surface area contributed by atoms with Crippen molar-refractivity contribution in [1.82, 2.24) is 13.9 Å². The summed E-state index contributed by atoms with van der Waals surface area (Å²) in [6, 6.07) is 7.09. The Hall–Kier alpha value is -2.69. The van der Waals surface area contributed by atoms with Gasteiger partial charge in [0, 0.05) is 20.1 Å². The molecule has 0 radical (unpaired) electrons. The Labute approximate surface area is 177 Å². The molecule has 0 aliphatic carbocycles. The minimum Gasteiger partial charge on any atom is -0.453 e. The average molecular weight is 453 g/mol. The van der Waals surface area contributed by atoms with Gasteiger partial charge in [0.15, 0.2) is 11.6 Å². The molecule has 1 N–H and O–H groups in total. The second kappa shape index (κ2) is 7.86. The van der Waals surface area contributed by atoms with Crippen LogP contribution in [0.3, 0.4) is 0 Å². The summed E-state index contributed by atoms with van der Waals surface area (Å²) in [6.07, 6.45) is 2.92. The molecule has 11 heteroatoms. The van der Waals surface area contributed by atoms with Crippen LogP contribution in [0.25, 0.3) is 10.9 Å². The second-order valence-corrected chi connectivity index (χ2v) is 8.97. The molecule has 2 aromatic carbocycles. The lowest BCUT2D eigenvalue weighted by molar-refractivity contribution is 0.444. The molecule has 2 heterocycles. The van der Waals surface area contributed by atoms with E-state index in [0.29, 0.717) is 24.0 Å². The second-order valence-electron chi connectivity index (χ2n) is 6.89. The predicted molar refractivity (Wildman–Crippen MR) is 112 cm³/mol. The van der Waals surface area contributed by atoms with E-state index in [9.17, 15) is 13.2 Å². The van der Waals surface area contributed by atoms with Crippen molar-refractivity contribution in [2.45, 2.75) is 12.8 Å². The van der Waals surface area contributed by atoms with Crippen molar-refractivity contribution in [2.24, 2.45) is 7.05 Å². The van der Waals surface area contributed by atoms with Crippen LogP contribution in [-0.4, -0.2) is 35.4 Å². The zero-order chi connectivity index (χ0) is 21.5. The quantitative estimate of drug-likeness (QED) is 0.641. The standard InChI is InChI=1S/C19H18ClFN4O4S/c1-24-11-22-15-6-4-12(10-13(15)19(24)26)29-18-14(20)5-7-16(17(18)21)23-30(27,28)25-8-2-3-9-25/h4-7,10-11,23H,2-3,8-9H2,1H3. The summed E-state index contributed by atoms with van der Waals surface area (Å²) in [5.74, 6) is -1.14. The lowest BCUT2D eigenvalue weighted by Gasteiger charge is -2.18. The third kappa shape index (κ3) is 3.85. The molecule has 8 nitrogen and oxygen atoms in total. The van der Waals surface area contributed by atoms with Crippen LogP contribution in [-0.2, 0) is 17.3 Å². The van der Waals surface area contributed by atoms with Gasteiger partial charge in [0.2, 0.25) is 0 Å². The van der Waals surface area contributed by atoms with Gasteiger partial charge in [-0.1, -0.05) is 11.6 Å². The van der Waals surface area contributed by atoms with Crippen molar-refractivity contribution >= 4 is 38.4 Å². The number of hydrogen-bond donors (Lipinski definition) is 1. The fourth-order valence-electron chi connectivity index (χ4n) is 3.21. The largest absolute Gasteiger partial charge is 0.453 e. The summed E-state index contributed by atoms with van der Waals surface area (Å²) in [5.41, 5.74) is -0.104. The molecule has 0 spiro atoms. The van der Waals surface area contributed by atoms with E-state index in [1.54, 1.807) is 13.1 Å². The van der Waals surface area contributed by atoms with E-state index >= 15 is 4.39 Å². The Kier molecular flexibility index (Phi) is 5.39. The maximum absolute atomic E-state index is 15.1. The molecule has 0 saturated carbocycles. The number of aromatic nitrogens is 2. The van der Waals surface area contributed by atoms with Gasteiger partial charge in [-0.2, -0.15) is 12.7 Å². The zero-order valence-electron chi connectivity index (χ0n) is 15.9. The molecule has 0 amide bonds. The molecule has 30 heavy (non-hydrogen) atoms. The first-order valence-corrected chi connectivity index (χ1v) is 11.0. The number of hydrogen-bond acceptors (Lipinski definition) is 5. The number of ether oxygens (including phenoxy) is 1. The van der Waals surface area contributed by atoms with E-state index in [-0.39, 0.29) is 27.8 Å². The van der Waals surface area contributed by atoms with E-state index in [1.165, 1.54) is 39.5 Å². The molecule has 0 atom stereocenters. The SMILES string of the molecule is Cn1cnc2ccc(Oc3c(Cl)ccc(NS(=O)(=O)N4CCCC4)c3F)cc2c1=O. The van der Waals surface area contributed by atoms with Gasteiger partial charge in [-0.05, 0) is 43.2 Å². The zero-order valence-corrected chi connectivity index (χ0v) is 17.5. The molecule has 1 aliphatic heterocycles. The number of anilines is 1. The molecule has 0 bridgehead atoms. The normalized spacial score (nSPS) is 14.9. The highest BCUT2D eigenvalue weighted by atomic mass is 35.5. The highest BCUT2D eigenvalue weighted by Gasteiger charge is 2.27. The number of fused-ring (bicyclic) bond motifs is 1. The summed E-state index contributed by atoms with van der Waals surface area (Å²) in [7, 11) is -2.32. The lowest BCUT2D eigenvalue weighted by Crippen LogP contribution is -2.33. The predicted octanol–water partition coefficient (Wildman–Crippen LogP) is 3.27. The van der Waals surface area contributed by atoms with Crippen molar-refractivity contribution in [2.75, 3.05) is 17.8 Å². The fraction of sp³-hybridized carbons (Fsp3) is 0.263. The summed E-state index contributed by atoms with van der Waals surface area (Å²) in [5, 5.41) is 0.246. The van der Waals surface area contributed by atoms with E-state index in [2.05, 4.69) is 9.71 Å². The topological polar surface area (TPSA) is 93.5 Å². The van der Waals surface area contributed by atoms with E-state index in [4.69, 9.17) is 16.3 Å². The maximum Gasteiger partial charge on any atom is 0.301 e. The van der Waals surface area contributed by atoms with Gasteiger partial charge in [0.05, 0.1) is 27.9 Å². The minimum absolute atomic E-state index is 0.0455. The number of nitrogens with zero attached hydrogens (tertiary/aromatic N) is 3. The molecule has 4 rings (SSSR count). The first-order valence-electron chi connectivity index (χ1n) is 9.15. The van der Waals surface area contributed by atoms with Crippen molar-refractivity contribution in [3.8, 4) is 11.5 Å². The molecular formula is C19H18ClFN4O4S. The Morgan fingerprint density at radius 1 is 1.20 bits per heavy atom. The highest BCUT2D eigenvalue weighted by Crippen LogP contribution is 2.37. The molecule has 3 aromatic rings. The first-order chi connectivity index (χ1) is 14.3. The monoisotopic (exact) mass is 452 g/mol. The van der Waals surface area contributed by atoms with Crippen LogP contribution in [0.15, 0.2) is 41.5 Å². The smallest absolute Gasteiger partial charge is 0.301 e. The Morgan fingerprint density at radius 3 is 2.67 bits per heavy atom. The van der Waals surface area contributed by atoms with Crippen molar-refractivity contribution in [1.29, 1.82) is 0 Å².